The fraction of sp³-hybridized carbons (Fsp3) is 0.312. The summed E-state index contributed by atoms with van der Waals surface area (Å²) in [6.45, 7) is 3.27. The Kier molecular flexibility index (Phi) is 7.45. The summed E-state index contributed by atoms with van der Waals surface area (Å²) in [6, 6.07) is 4.06. The lowest BCUT2D eigenvalue weighted by Crippen LogP contribution is -2.47. The molecule has 0 aliphatic rings. The summed E-state index contributed by atoms with van der Waals surface area (Å²) in [5.74, 6) is -2.96. The number of nitrogens with one attached hydrogen (secondary N) is 1. The van der Waals surface area contributed by atoms with Gasteiger partial charge in [0.2, 0.25) is 11.9 Å². The highest BCUT2D eigenvalue weighted by atomic mass is 19.1. The summed E-state index contributed by atoms with van der Waals surface area (Å²) in [7, 11) is 0. The first-order chi connectivity index (χ1) is 11.0. The molecule has 124 valence electrons. The highest BCUT2D eigenvalue weighted by Crippen LogP contribution is 2.05. The third-order valence-corrected chi connectivity index (χ3v) is 2.61. The highest BCUT2D eigenvalue weighted by molar-refractivity contribution is 6.04. The first kappa shape index (κ1) is 18.3. The molecule has 0 bridgehead atoms. The highest BCUT2D eigenvalue weighted by Gasteiger charge is 2.30. The van der Waals surface area contributed by atoms with Crippen LogP contribution in [0.3, 0.4) is 0 Å². The second-order valence-corrected chi connectivity index (χ2v) is 4.33. The Labute approximate surface area is 133 Å². The molecule has 7 heteroatoms. The van der Waals surface area contributed by atoms with Crippen LogP contribution >= 0.6 is 0 Å². The average molecular weight is 323 g/mol. The molecule has 0 saturated heterocycles. The second kappa shape index (κ2) is 9.34. The van der Waals surface area contributed by atoms with E-state index in [0.717, 1.165) is 6.08 Å². The molecule has 0 saturated carbocycles. The van der Waals surface area contributed by atoms with Gasteiger partial charge in [-0.25, -0.2) is 14.0 Å². The molecule has 0 unspecified atom stereocenters. The number of benzene rings is 1. The number of hydrogen-bond donors (Lipinski definition) is 1. The van der Waals surface area contributed by atoms with Gasteiger partial charge in [-0.1, -0.05) is 12.1 Å². The van der Waals surface area contributed by atoms with Crippen molar-refractivity contribution in [2.24, 2.45) is 0 Å². The molecule has 0 aliphatic carbocycles. The fourth-order valence-corrected chi connectivity index (χ4v) is 1.64. The van der Waals surface area contributed by atoms with Crippen LogP contribution in [0, 0.1) is 5.82 Å². The van der Waals surface area contributed by atoms with Crippen molar-refractivity contribution in [3.8, 4) is 0 Å². The lowest BCUT2D eigenvalue weighted by atomic mass is 10.2. The van der Waals surface area contributed by atoms with Gasteiger partial charge in [-0.2, -0.15) is 0 Å². The molecular weight excluding hydrogens is 305 g/mol. The molecule has 1 N–H and O–H groups in total. The minimum Gasteiger partial charge on any atom is -0.464 e. The van der Waals surface area contributed by atoms with Gasteiger partial charge in [0.05, 0.1) is 13.2 Å². The lowest BCUT2D eigenvalue weighted by Gasteiger charge is -2.14. The van der Waals surface area contributed by atoms with Crippen LogP contribution in [0.2, 0.25) is 0 Å². The van der Waals surface area contributed by atoms with Crippen LogP contribution in [0.25, 0.3) is 6.08 Å². The Bertz CT molecular complexity index is 582. The minimum absolute atomic E-state index is 0.0593. The van der Waals surface area contributed by atoms with Crippen LogP contribution in [0.4, 0.5) is 4.39 Å². The monoisotopic (exact) mass is 323 g/mol. The Morgan fingerprint density at radius 3 is 2.30 bits per heavy atom. The number of esters is 2. The Morgan fingerprint density at radius 1 is 1.17 bits per heavy atom. The van der Waals surface area contributed by atoms with E-state index in [9.17, 15) is 18.8 Å². The van der Waals surface area contributed by atoms with Crippen molar-refractivity contribution < 1.29 is 28.2 Å². The summed E-state index contributed by atoms with van der Waals surface area (Å²) in [5, 5.41) is 2.20. The molecule has 23 heavy (non-hydrogen) atoms. The molecule has 1 aromatic rings. The summed E-state index contributed by atoms with van der Waals surface area (Å²) in [5.41, 5.74) is 0.462. The van der Waals surface area contributed by atoms with Crippen molar-refractivity contribution in [3.05, 3.63) is 41.7 Å². The quantitative estimate of drug-likeness (QED) is 0.466. The van der Waals surface area contributed by atoms with E-state index in [2.05, 4.69) is 5.32 Å². The first-order valence-corrected chi connectivity index (χ1v) is 7.05. The SMILES string of the molecule is CCOC(=O)C(NC(=O)/C=C/c1cccc(F)c1)C(=O)OCC. The van der Waals surface area contributed by atoms with Crippen LogP contribution < -0.4 is 5.32 Å². The number of hydrogen-bond acceptors (Lipinski definition) is 5. The molecule has 0 spiro atoms. The third kappa shape index (κ3) is 6.29. The van der Waals surface area contributed by atoms with Crippen molar-refractivity contribution in [2.45, 2.75) is 19.9 Å². The summed E-state index contributed by atoms with van der Waals surface area (Å²) < 4.78 is 22.5. The van der Waals surface area contributed by atoms with Gasteiger partial charge in [-0.3, -0.25) is 4.79 Å². The van der Waals surface area contributed by atoms with Crippen molar-refractivity contribution in [1.82, 2.24) is 5.32 Å². The predicted molar refractivity (Wildman–Crippen MR) is 80.6 cm³/mol. The van der Waals surface area contributed by atoms with Gasteiger partial charge in [0.15, 0.2) is 0 Å². The fourth-order valence-electron chi connectivity index (χ4n) is 1.64. The van der Waals surface area contributed by atoms with Crippen LogP contribution in [-0.2, 0) is 23.9 Å². The number of ether oxygens (including phenoxy) is 2. The van der Waals surface area contributed by atoms with E-state index < -0.39 is 29.7 Å². The largest absolute Gasteiger partial charge is 0.464 e. The lowest BCUT2D eigenvalue weighted by molar-refractivity contribution is -0.159. The average Bonchev–Trinajstić information content (AvgIpc) is 2.51. The number of carbonyl (C=O) groups is 3. The van der Waals surface area contributed by atoms with Crippen LogP contribution in [0.5, 0.6) is 0 Å². The van der Waals surface area contributed by atoms with Crippen LogP contribution in [0.1, 0.15) is 19.4 Å². The van der Waals surface area contributed by atoms with Crippen LogP contribution in [0.15, 0.2) is 30.3 Å². The number of halogens is 1. The van der Waals surface area contributed by atoms with Crippen molar-refractivity contribution >= 4 is 23.9 Å². The Morgan fingerprint density at radius 2 is 1.78 bits per heavy atom. The normalized spacial score (nSPS) is 10.6. The van der Waals surface area contributed by atoms with Gasteiger partial charge in [-0.15, -0.1) is 0 Å². The zero-order valence-corrected chi connectivity index (χ0v) is 12.9. The summed E-state index contributed by atoms with van der Waals surface area (Å²) in [4.78, 5) is 35.2. The molecule has 1 amide bonds. The van der Waals surface area contributed by atoms with E-state index in [4.69, 9.17) is 9.47 Å². The maximum atomic E-state index is 13.0. The maximum absolute atomic E-state index is 13.0. The molecule has 1 rings (SSSR count). The zero-order valence-electron chi connectivity index (χ0n) is 12.9. The number of rotatable bonds is 7. The standard InChI is InChI=1S/C16H18FNO5/c1-3-22-15(20)14(16(21)23-4-2)18-13(19)9-8-11-6-5-7-12(17)10-11/h5-10,14H,3-4H2,1-2H3,(H,18,19)/b9-8+. The molecule has 0 aliphatic heterocycles. The maximum Gasteiger partial charge on any atom is 0.340 e. The van der Waals surface area contributed by atoms with E-state index >= 15 is 0 Å². The van der Waals surface area contributed by atoms with Gasteiger partial charge in [0.25, 0.3) is 0 Å². The molecule has 0 radical (unpaired) electrons. The first-order valence-electron chi connectivity index (χ1n) is 7.05. The Hall–Kier alpha value is -2.70. The van der Waals surface area contributed by atoms with Gasteiger partial charge in [0.1, 0.15) is 5.82 Å². The minimum atomic E-state index is -1.54. The topological polar surface area (TPSA) is 81.7 Å². The third-order valence-electron chi connectivity index (χ3n) is 2.61. The van der Waals surface area contributed by atoms with Crippen molar-refractivity contribution in [2.75, 3.05) is 13.2 Å². The molecular formula is C16H18FNO5. The van der Waals surface area contributed by atoms with Gasteiger partial charge >= 0.3 is 11.9 Å². The van der Waals surface area contributed by atoms with Gasteiger partial charge < -0.3 is 14.8 Å². The smallest absolute Gasteiger partial charge is 0.340 e. The van der Waals surface area contributed by atoms with E-state index in [1.165, 1.54) is 24.3 Å². The summed E-state index contributed by atoms with van der Waals surface area (Å²) in [6.07, 6.45) is 2.44. The molecule has 0 atom stereocenters. The van der Waals surface area contributed by atoms with Gasteiger partial charge in [-0.05, 0) is 37.6 Å². The van der Waals surface area contributed by atoms with E-state index in [0.29, 0.717) is 5.56 Å². The van der Waals surface area contributed by atoms with Gasteiger partial charge in [0, 0.05) is 6.08 Å². The number of amides is 1. The summed E-state index contributed by atoms with van der Waals surface area (Å²) >= 11 is 0. The molecule has 0 fully saturated rings. The number of carbonyl (C=O) groups excluding carboxylic acids is 3. The van der Waals surface area contributed by atoms with Crippen molar-refractivity contribution in [3.63, 3.8) is 0 Å². The molecule has 1 aromatic carbocycles. The molecule has 0 aromatic heterocycles. The van der Waals surface area contributed by atoms with E-state index in [1.54, 1.807) is 19.9 Å². The van der Waals surface area contributed by atoms with E-state index in [1.807, 2.05) is 0 Å². The van der Waals surface area contributed by atoms with Crippen molar-refractivity contribution in [1.29, 1.82) is 0 Å². The predicted octanol–water partition coefficient (Wildman–Crippen LogP) is 1.45. The van der Waals surface area contributed by atoms with E-state index in [-0.39, 0.29) is 13.2 Å². The zero-order chi connectivity index (χ0) is 17.2. The van der Waals surface area contributed by atoms with Crippen LogP contribution in [-0.4, -0.2) is 37.1 Å². The Balaban J connectivity index is 2.76. The molecule has 0 heterocycles. The second-order valence-electron chi connectivity index (χ2n) is 4.33. The molecule has 6 nitrogen and oxygen atoms in total.